The number of benzene rings is 4. The van der Waals surface area contributed by atoms with Gasteiger partial charge in [0.2, 0.25) is 10.0 Å². The van der Waals surface area contributed by atoms with E-state index in [0.29, 0.717) is 17.7 Å². The number of rotatable bonds is 8. The van der Waals surface area contributed by atoms with Crippen LogP contribution in [0, 0.1) is 5.82 Å². The van der Waals surface area contributed by atoms with E-state index < -0.39 is 40.4 Å². The van der Waals surface area contributed by atoms with Crippen LogP contribution in [-0.4, -0.2) is 42.3 Å². The van der Waals surface area contributed by atoms with Crippen LogP contribution in [0.3, 0.4) is 0 Å². The summed E-state index contributed by atoms with van der Waals surface area (Å²) in [4.78, 5) is 25.7. The Bertz CT molecular complexity index is 1950. The Kier molecular flexibility index (Phi) is 7.72. The van der Waals surface area contributed by atoms with Crippen LogP contribution in [0.25, 0.3) is 21.8 Å². The molecule has 1 aliphatic rings. The highest BCUT2D eigenvalue weighted by atomic mass is 32.2. The first-order valence-corrected chi connectivity index (χ1v) is 15.5. The van der Waals surface area contributed by atoms with Gasteiger partial charge in [0.25, 0.3) is 5.91 Å². The van der Waals surface area contributed by atoms with Crippen molar-refractivity contribution in [3.05, 3.63) is 108 Å². The first-order chi connectivity index (χ1) is 20.8. The molecule has 0 saturated carbocycles. The zero-order valence-corrected chi connectivity index (χ0v) is 24.3. The molecule has 0 aliphatic carbocycles. The minimum absolute atomic E-state index is 0.0648. The molecule has 43 heavy (non-hydrogen) atoms. The molecular formula is C33H30FN3O5S. The average molecular weight is 600 g/mol. The van der Waals surface area contributed by atoms with Crippen LogP contribution < -0.4 is 5.32 Å². The number of hydrogen-bond acceptors (Lipinski definition) is 5. The van der Waals surface area contributed by atoms with Gasteiger partial charge in [0.05, 0.1) is 17.4 Å². The van der Waals surface area contributed by atoms with Crippen LogP contribution in [0.2, 0.25) is 0 Å². The Balaban J connectivity index is 1.16. The third-order valence-corrected chi connectivity index (χ3v) is 9.80. The van der Waals surface area contributed by atoms with Crippen molar-refractivity contribution in [3.8, 4) is 0 Å². The summed E-state index contributed by atoms with van der Waals surface area (Å²) in [6, 6.07) is 24.8. The molecule has 0 radical (unpaired) electrons. The molecule has 0 saturated heterocycles. The number of halogens is 1. The third-order valence-electron chi connectivity index (χ3n) is 7.88. The van der Waals surface area contributed by atoms with Crippen molar-refractivity contribution in [1.29, 1.82) is 0 Å². The van der Waals surface area contributed by atoms with Gasteiger partial charge in [-0.05, 0) is 73.0 Å². The molecule has 1 aliphatic heterocycles. The second kappa shape index (κ2) is 11.6. The summed E-state index contributed by atoms with van der Waals surface area (Å²) < 4.78 is 49.4. The number of carbonyl (C=O) groups is 2. The number of aryl methyl sites for hydroxylation is 1. The minimum atomic E-state index is -4.04. The fourth-order valence-electron chi connectivity index (χ4n) is 5.90. The van der Waals surface area contributed by atoms with Gasteiger partial charge in [-0.25, -0.2) is 12.8 Å². The summed E-state index contributed by atoms with van der Waals surface area (Å²) in [6.07, 6.45) is 0.180. The number of nitrogens with one attached hydrogen (secondary N) is 1. The lowest BCUT2D eigenvalue weighted by molar-refractivity contribution is -0.148. The standard InChI is InChI=1S/C33H30FN3O5S/c1-2-36-29-10-6-5-9-27(29)28-19-24(13-16-30(28)36)35-32(38)21-42-33(39)20-31-26-8-4-3-7-22(26)17-18-37(31)43(40,41)25-14-11-23(34)12-15-25/h3-16,19,31H,2,17-18,20-21H2,1H3,(H,35,38)/t31-/m0/s1. The van der Waals surface area contributed by atoms with E-state index in [9.17, 15) is 22.4 Å². The number of ether oxygens (including phenoxy) is 1. The molecule has 1 amide bonds. The SMILES string of the molecule is CCn1c2ccccc2c2cc(NC(=O)COC(=O)C[C@H]3c4ccccc4CCN3S(=O)(=O)c3ccc(F)cc3)ccc21. The number of amides is 1. The van der Waals surface area contributed by atoms with Gasteiger partial charge in [0, 0.05) is 40.6 Å². The Morgan fingerprint density at radius 1 is 0.930 bits per heavy atom. The Morgan fingerprint density at radius 2 is 1.65 bits per heavy atom. The summed E-state index contributed by atoms with van der Waals surface area (Å²) in [6.45, 7) is 2.51. The van der Waals surface area contributed by atoms with Crippen LogP contribution in [0.1, 0.15) is 30.5 Å². The number of fused-ring (bicyclic) bond motifs is 4. The van der Waals surface area contributed by atoms with Crippen molar-refractivity contribution in [3.63, 3.8) is 0 Å². The van der Waals surface area contributed by atoms with Crippen molar-refractivity contribution in [2.75, 3.05) is 18.5 Å². The second-order valence-electron chi connectivity index (χ2n) is 10.4. The highest BCUT2D eigenvalue weighted by Crippen LogP contribution is 2.37. The van der Waals surface area contributed by atoms with E-state index in [1.165, 1.54) is 16.4 Å². The molecule has 5 aromatic rings. The molecule has 1 atom stereocenters. The molecule has 0 fully saturated rings. The fraction of sp³-hybridized carbons (Fsp3) is 0.212. The van der Waals surface area contributed by atoms with Crippen molar-refractivity contribution in [2.24, 2.45) is 0 Å². The number of para-hydroxylation sites is 1. The smallest absolute Gasteiger partial charge is 0.308 e. The summed E-state index contributed by atoms with van der Waals surface area (Å²) >= 11 is 0. The largest absolute Gasteiger partial charge is 0.456 e. The van der Waals surface area contributed by atoms with Crippen LogP contribution in [-0.2, 0) is 37.3 Å². The number of hydrogen-bond donors (Lipinski definition) is 1. The number of carbonyl (C=O) groups excluding carboxylic acids is 2. The maximum atomic E-state index is 13.6. The Labute approximate surface area is 248 Å². The highest BCUT2D eigenvalue weighted by Gasteiger charge is 2.38. The van der Waals surface area contributed by atoms with E-state index in [-0.39, 0.29) is 17.9 Å². The number of sulfonamides is 1. The summed E-state index contributed by atoms with van der Waals surface area (Å²) in [7, 11) is -4.04. The van der Waals surface area contributed by atoms with Gasteiger partial charge in [-0.2, -0.15) is 4.31 Å². The lowest BCUT2D eigenvalue weighted by Crippen LogP contribution is -2.41. The number of esters is 1. The maximum Gasteiger partial charge on any atom is 0.308 e. The topological polar surface area (TPSA) is 97.7 Å². The third kappa shape index (κ3) is 5.51. The summed E-state index contributed by atoms with van der Waals surface area (Å²) in [5.41, 5.74) is 4.37. The van der Waals surface area contributed by atoms with E-state index in [2.05, 4.69) is 22.9 Å². The van der Waals surface area contributed by atoms with Gasteiger partial charge in [-0.3, -0.25) is 9.59 Å². The molecule has 0 unspecified atom stereocenters. The molecule has 0 spiro atoms. The monoisotopic (exact) mass is 599 g/mol. The number of aromatic nitrogens is 1. The normalized spacial score (nSPS) is 15.3. The van der Waals surface area contributed by atoms with Crippen LogP contribution in [0.5, 0.6) is 0 Å². The van der Waals surface area contributed by atoms with Gasteiger partial charge in [-0.1, -0.05) is 42.5 Å². The summed E-state index contributed by atoms with van der Waals surface area (Å²) in [5, 5.41) is 4.88. The quantitative estimate of drug-likeness (QED) is 0.227. The van der Waals surface area contributed by atoms with Crippen LogP contribution in [0.4, 0.5) is 10.1 Å². The predicted molar refractivity (Wildman–Crippen MR) is 163 cm³/mol. The average Bonchev–Trinajstić information content (AvgIpc) is 3.33. The zero-order chi connectivity index (χ0) is 30.1. The van der Waals surface area contributed by atoms with Crippen molar-refractivity contribution >= 4 is 49.4 Å². The molecular weight excluding hydrogens is 569 g/mol. The first-order valence-electron chi connectivity index (χ1n) is 14.1. The molecule has 10 heteroatoms. The molecule has 1 aromatic heterocycles. The first kappa shape index (κ1) is 28.6. The lowest BCUT2D eigenvalue weighted by Gasteiger charge is -2.36. The van der Waals surface area contributed by atoms with E-state index in [0.717, 1.165) is 46.0 Å². The lowest BCUT2D eigenvalue weighted by atomic mass is 9.92. The molecule has 1 N–H and O–H groups in total. The molecule has 220 valence electrons. The van der Waals surface area contributed by atoms with Crippen molar-refractivity contribution in [2.45, 2.75) is 37.2 Å². The maximum absolute atomic E-state index is 13.6. The zero-order valence-electron chi connectivity index (χ0n) is 23.5. The van der Waals surface area contributed by atoms with E-state index in [1.54, 1.807) is 12.1 Å². The molecule has 4 aromatic carbocycles. The molecule has 8 nitrogen and oxygen atoms in total. The number of nitrogens with zero attached hydrogens (tertiary/aromatic N) is 2. The fourth-order valence-corrected chi connectivity index (χ4v) is 7.51. The van der Waals surface area contributed by atoms with Gasteiger partial charge < -0.3 is 14.6 Å². The minimum Gasteiger partial charge on any atom is -0.456 e. The van der Waals surface area contributed by atoms with E-state index in [1.807, 2.05) is 48.5 Å². The summed E-state index contributed by atoms with van der Waals surface area (Å²) in [5.74, 6) is -1.77. The van der Waals surface area contributed by atoms with Crippen molar-refractivity contribution in [1.82, 2.24) is 8.87 Å². The predicted octanol–water partition coefficient (Wildman–Crippen LogP) is 5.81. The van der Waals surface area contributed by atoms with E-state index in [4.69, 9.17) is 4.74 Å². The van der Waals surface area contributed by atoms with Crippen LogP contribution in [0.15, 0.2) is 95.9 Å². The molecule has 2 heterocycles. The number of anilines is 1. The highest BCUT2D eigenvalue weighted by molar-refractivity contribution is 7.89. The van der Waals surface area contributed by atoms with Gasteiger partial charge >= 0.3 is 5.97 Å². The second-order valence-corrected chi connectivity index (χ2v) is 12.3. The Morgan fingerprint density at radius 3 is 2.44 bits per heavy atom. The van der Waals surface area contributed by atoms with E-state index >= 15 is 0 Å². The van der Waals surface area contributed by atoms with Gasteiger partial charge in [0.15, 0.2) is 6.61 Å². The Hall–Kier alpha value is -4.54. The molecule has 0 bridgehead atoms. The van der Waals surface area contributed by atoms with Gasteiger partial charge in [0.1, 0.15) is 5.82 Å². The van der Waals surface area contributed by atoms with Crippen molar-refractivity contribution < 1.29 is 27.1 Å². The molecule has 6 rings (SSSR count). The van der Waals surface area contributed by atoms with Gasteiger partial charge in [-0.15, -0.1) is 0 Å². The van der Waals surface area contributed by atoms with Crippen LogP contribution >= 0.6 is 0 Å².